The first-order chi connectivity index (χ1) is 13.2. The topological polar surface area (TPSA) is 129 Å². The van der Waals surface area contributed by atoms with Crippen LogP contribution in [0.1, 0.15) is 75.1 Å². The van der Waals surface area contributed by atoms with Crippen LogP contribution in [-0.4, -0.2) is 32.2 Å². The second-order valence-electron chi connectivity index (χ2n) is 6.97. The van der Waals surface area contributed by atoms with Gasteiger partial charge in [0.25, 0.3) is 0 Å². The Kier molecular flexibility index (Phi) is 11.5. The molecule has 0 atom stereocenters. The molecule has 0 aliphatic carbocycles. The van der Waals surface area contributed by atoms with Gasteiger partial charge in [0.05, 0.1) is 18.8 Å². The third-order valence-corrected chi connectivity index (χ3v) is 4.97. The quantitative estimate of drug-likeness (QED) is 0.253. The van der Waals surface area contributed by atoms with Crippen molar-refractivity contribution in [3.63, 3.8) is 0 Å². The van der Waals surface area contributed by atoms with Crippen LogP contribution in [0.3, 0.4) is 0 Å². The number of hydrogen-bond acceptors (Lipinski definition) is 6. The van der Waals surface area contributed by atoms with E-state index in [-0.39, 0.29) is 31.2 Å². The molecule has 0 fully saturated rings. The maximum Gasteiger partial charge on any atom is 0.469 e. The molecule has 1 aromatic rings. The van der Waals surface area contributed by atoms with E-state index in [2.05, 4.69) is 21.7 Å². The fourth-order valence-corrected chi connectivity index (χ4v) is 3.16. The zero-order chi connectivity index (χ0) is 21.0. The Balaban J connectivity index is 2.41. The van der Waals surface area contributed by atoms with Crippen LogP contribution in [-0.2, 0) is 27.0 Å². The molecule has 0 aromatic carbocycles. The van der Waals surface area contributed by atoms with Gasteiger partial charge in [0.1, 0.15) is 11.5 Å². The van der Waals surface area contributed by atoms with E-state index in [4.69, 9.17) is 9.79 Å². The predicted molar refractivity (Wildman–Crippen MR) is 107 cm³/mol. The van der Waals surface area contributed by atoms with Crippen LogP contribution in [0.15, 0.2) is 6.20 Å². The SMILES string of the molecule is CCCCCCCCCC(=O)CNCc1c(COP(=O)(O)O)cnc(C)c1O. The lowest BCUT2D eigenvalue weighted by Gasteiger charge is -2.14. The number of hydrogen-bond donors (Lipinski definition) is 4. The van der Waals surface area contributed by atoms with Crippen molar-refractivity contribution < 1.29 is 28.8 Å². The van der Waals surface area contributed by atoms with Gasteiger partial charge < -0.3 is 20.2 Å². The highest BCUT2D eigenvalue weighted by Crippen LogP contribution is 2.38. The lowest BCUT2D eigenvalue weighted by Crippen LogP contribution is -2.23. The average molecular weight is 416 g/mol. The summed E-state index contributed by atoms with van der Waals surface area (Å²) in [6, 6.07) is 0. The molecule has 0 unspecified atom stereocenters. The van der Waals surface area contributed by atoms with Gasteiger partial charge in [-0.25, -0.2) is 4.57 Å². The van der Waals surface area contributed by atoms with Crippen molar-refractivity contribution >= 4 is 13.6 Å². The molecule has 0 saturated carbocycles. The van der Waals surface area contributed by atoms with Crippen molar-refractivity contribution in [1.29, 1.82) is 0 Å². The summed E-state index contributed by atoms with van der Waals surface area (Å²) in [5, 5.41) is 13.2. The van der Waals surface area contributed by atoms with E-state index in [1.54, 1.807) is 6.92 Å². The number of carbonyl (C=O) groups excluding carboxylic acids is 1. The van der Waals surface area contributed by atoms with E-state index in [9.17, 15) is 14.5 Å². The van der Waals surface area contributed by atoms with Crippen molar-refractivity contribution in [3.05, 3.63) is 23.0 Å². The molecule has 4 N–H and O–H groups in total. The van der Waals surface area contributed by atoms with E-state index in [1.807, 2.05) is 0 Å². The maximum absolute atomic E-state index is 12.0. The smallest absolute Gasteiger partial charge is 0.469 e. The van der Waals surface area contributed by atoms with Crippen LogP contribution < -0.4 is 5.32 Å². The van der Waals surface area contributed by atoms with E-state index in [1.165, 1.54) is 31.9 Å². The van der Waals surface area contributed by atoms with Crippen molar-refractivity contribution in [1.82, 2.24) is 10.3 Å². The normalized spacial score (nSPS) is 11.7. The molecule has 0 spiro atoms. The molecule has 1 rings (SSSR count). The Labute approximate surface area is 167 Å². The number of aromatic hydroxyl groups is 1. The molecular formula is C19H33N2O6P. The largest absolute Gasteiger partial charge is 0.506 e. The maximum atomic E-state index is 12.0. The van der Waals surface area contributed by atoms with Gasteiger partial charge in [-0.2, -0.15) is 0 Å². The second-order valence-corrected chi connectivity index (χ2v) is 8.21. The number of nitrogens with zero attached hydrogens (tertiary/aromatic N) is 1. The van der Waals surface area contributed by atoms with Crippen LogP contribution in [0.2, 0.25) is 0 Å². The Morgan fingerprint density at radius 2 is 1.82 bits per heavy atom. The first kappa shape index (κ1) is 24.7. The molecule has 0 amide bonds. The number of aromatic nitrogens is 1. The van der Waals surface area contributed by atoms with Crippen LogP contribution in [0.5, 0.6) is 5.75 Å². The summed E-state index contributed by atoms with van der Waals surface area (Å²) in [5.74, 6) is 0.0330. The molecule has 1 heterocycles. The first-order valence-corrected chi connectivity index (χ1v) is 11.4. The Morgan fingerprint density at radius 3 is 2.46 bits per heavy atom. The van der Waals surface area contributed by atoms with Crippen molar-refractivity contribution in [3.8, 4) is 5.75 Å². The molecule has 0 aliphatic heterocycles. The third-order valence-electron chi connectivity index (χ3n) is 4.50. The molecule has 0 bridgehead atoms. The fraction of sp³-hybridized carbons (Fsp3) is 0.684. The average Bonchev–Trinajstić information content (AvgIpc) is 2.63. The summed E-state index contributed by atoms with van der Waals surface area (Å²) in [6.45, 7) is 3.78. The Hall–Kier alpha value is -1.31. The number of nitrogens with one attached hydrogen (secondary N) is 1. The predicted octanol–water partition coefficient (Wildman–Crippen LogP) is 3.50. The van der Waals surface area contributed by atoms with E-state index in [0.29, 0.717) is 23.2 Å². The molecular weight excluding hydrogens is 383 g/mol. The van der Waals surface area contributed by atoms with Crippen LogP contribution in [0.4, 0.5) is 0 Å². The number of phosphoric ester groups is 1. The van der Waals surface area contributed by atoms with Crippen molar-refractivity contribution in [2.75, 3.05) is 6.54 Å². The summed E-state index contributed by atoms with van der Waals surface area (Å²) >= 11 is 0. The number of rotatable bonds is 15. The number of aryl methyl sites for hydroxylation is 1. The number of Topliss-reactive ketones (excluding diaryl/α,β-unsaturated/α-hetero) is 1. The zero-order valence-electron chi connectivity index (χ0n) is 16.8. The van der Waals surface area contributed by atoms with Gasteiger partial charge in [-0.3, -0.25) is 14.3 Å². The summed E-state index contributed by atoms with van der Waals surface area (Å²) in [6.07, 6.45) is 10.0. The summed E-state index contributed by atoms with van der Waals surface area (Å²) in [7, 11) is -4.63. The summed E-state index contributed by atoms with van der Waals surface area (Å²) < 4.78 is 15.4. The minimum absolute atomic E-state index is 0.0705. The molecule has 0 aliphatic rings. The van der Waals surface area contributed by atoms with Gasteiger partial charge in [0, 0.05) is 30.3 Å². The fourth-order valence-electron chi connectivity index (χ4n) is 2.85. The van der Waals surface area contributed by atoms with Gasteiger partial charge in [0.2, 0.25) is 0 Å². The molecule has 28 heavy (non-hydrogen) atoms. The zero-order valence-corrected chi connectivity index (χ0v) is 17.7. The van der Waals surface area contributed by atoms with Gasteiger partial charge in [0.15, 0.2) is 0 Å². The summed E-state index contributed by atoms with van der Waals surface area (Å²) in [5.41, 5.74) is 1.18. The monoisotopic (exact) mass is 416 g/mol. The highest BCUT2D eigenvalue weighted by atomic mass is 31.2. The highest BCUT2D eigenvalue weighted by Gasteiger charge is 2.18. The minimum atomic E-state index is -4.63. The van der Waals surface area contributed by atoms with Crippen LogP contribution >= 0.6 is 7.82 Å². The molecule has 0 saturated heterocycles. The van der Waals surface area contributed by atoms with Crippen molar-refractivity contribution in [2.45, 2.75) is 78.4 Å². The molecule has 160 valence electrons. The molecule has 9 heteroatoms. The van der Waals surface area contributed by atoms with Crippen LogP contribution in [0, 0.1) is 6.92 Å². The Morgan fingerprint density at radius 1 is 1.18 bits per heavy atom. The third kappa shape index (κ3) is 10.3. The number of unbranched alkanes of at least 4 members (excludes halogenated alkanes) is 6. The molecule has 0 radical (unpaired) electrons. The highest BCUT2D eigenvalue weighted by molar-refractivity contribution is 7.46. The number of phosphoric acid groups is 1. The second kappa shape index (κ2) is 13.0. The standard InChI is InChI=1S/C19H33N2O6P/c1-3-4-5-6-7-8-9-10-17(22)12-20-13-18-16(14-27-28(24,25)26)11-21-15(2)19(18)23/h11,20,23H,3-10,12-14H2,1-2H3,(H2,24,25,26). The van der Waals surface area contributed by atoms with E-state index in [0.717, 1.165) is 19.3 Å². The number of ketones is 1. The van der Waals surface area contributed by atoms with Gasteiger partial charge in [-0.05, 0) is 13.3 Å². The molecule has 8 nitrogen and oxygen atoms in total. The van der Waals surface area contributed by atoms with Gasteiger partial charge >= 0.3 is 7.82 Å². The lowest BCUT2D eigenvalue weighted by atomic mass is 10.1. The number of pyridine rings is 1. The molecule has 1 aromatic heterocycles. The Bertz CT molecular complexity index is 662. The van der Waals surface area contributed by atoms with Gasteiger partial charge in [-0.15, -0.1) is 0 Å². The van der Waals surface area contributed by atoms with Gasteiger partial charge in [-0.1, -0.05) is 45.4 Å². The summed E-state index contributed by atoms with van der Waals surface area (Å²) in [4.78, 5) is 33.7. The van der Waals surface area contributed by atoms with Crippen molar-refractivity contribution in [2.24, 2.45) is 0 Å². The minimum Gasteiger partial charge on any atom is -0.506 e. The van der Waals surface area contributed by atoms with Crippen LogP contribution in [0.25, 0.3) is 0 Å². The number of carbonyl (C=O) groups is 1. The van der Waals surface area contributed by atoms with E-state index < -0.39 is 7.82 Å². The van der Waals surface area contributed by atoms with E-state index >= 15 is 0 Å². The lowest BCUT2D eigenvalue weighted by molar-refractivity contribution is -0.118. The first-order valence-electron chi connectivity index (χ1n) is 9.83.